The summed E-state index contributed by atoms with van der Waals surface area (Å²) < 4.78 is 5.44. The average Bonchev–Trinajstić information content (AvgIpc) is 2.48. The summed E-state index contributed by atoms with van der Waals surface area (Å²) in [6.07, 6.45) is 5.98. The molecule has 0 unspecified atom stereocenters. The molecular weight excluding hydrogens is 264 g/mol. The summed E-state index contributed by atoms with van der Waals surface area (Å²) in [5, 5.41) is 0. The summed E-state index contributed by atoms with van der Waals surface area (Å²) in [7, 11) is 4.16. The van der Waals surface area contributed by atoms with Crippen molar-refractivity contribution in [2.24, 2.45) is 0 Å². The minimum atomic E-state index is 0.553. The first-order chi connectivity index (χ1) is 10.2. The Morgan fingerprint density at radius 2 is 1.95 bits per heavy atom. The molecule has 2 heterocycles. The van der Waals surface area contributed by atoms with E-state index in [0.717, 1.165) is 45.1 Å². The molecule has 2 rings (SSSR count). The third kappa shape index (κ3) is 5.02. The second kappa shape index (κ2) is 8.41. The van der Waals surface area contributed by atoms with E-state index in [1.807, 2.05) is 13.1 Å². The highest BCUT2D eigenvalue weighted by Gasteiger charge is 2.24. The summed E-state index contributed by atoms with van der Waals surface area (Å²) in [4.78, 5) is 13.8. The molecule has 118 valence electrons. The monoisotopic (exact) mass is 292 g/mol. The molecular formula is C16H28N4O. The molecule has 0 amide bonds. The van der Waals surface area contributed by atoms with Gasteiger partial charge in [-0.25, -0.2) is 0 Å². The summed E-state index contributed by atoms with van der Waals surface area (Å²) in [6, 6.07) is 0. The average molecular weight is 292 g/mol. The van der Waals surface area contributed by atoms with Crippen LogP contribution in [0.4, 0.5) is 0 Å². The standard InChI is InChI=1S/C16H28N4O/c1-4-21-12-11-20-9-5-14(6-10-20)16-15(13-19(2)3)17-7-8-18-16/h7-8,14H,4-6,9-13H2,1-3H3. The van der Waals surface area contributed by atoms with Gasteiger partial charge in [-0.15, -0.1) is 0 Å². The molecule has 5 nitrogen and oxygen atoms in total. The predicted octanol–water partition coefficient (Wildman–Crippen LogP) is 1.75. The van der Waals surface area contributed by atoms with E-state index >= 15 is 0 Å². The number of likely N-dealkylation sites (tertiary alicyclic amines) is 1. The molecule has 0 aliphatic carbocycles. The largest absolute Gasteiger partial charge is 0.380 e. The van der Waals surface area contributed by atoms with Crippen LogP contribution in [-0.4, -0.2) is 66.7 Å². The molecule has 1 aliphatic rings. The van der Waals surface area contributed by atoms with Gasteiger partial charge >= 0.3 is 0 Å². The molecule has 0 spiro atoms. The number of hydrogen-bond donors (Lipinski definition) is 0. The van der Waals surface area contributed by atoms with E-state index in [1.54, 1.807) is 6.20 Å². The number of hydrogen-bond acceptors (Lipinski definition) is 5. The number of ether oxygens (including phenoxy) is 1. The summed E-state index contributed by atoms with van der Waals surface area (Å²) >= 11 is 0. The second-order valence-electron chi connectivity index (χ2n) is 5.94. The van der Waals surface area contributed by atoms with Crippen molar-refractivity contribution in [2.75, 3.05) is 46.9 Å². The third-order valence-electron chi connectivity index (χ3n) is 4.00. The Balaban J connectivity index is 1.90. The number of piperidine rings is 1. The lowest BCUT2D eigenvalue weighted by Crippen LogP contribution is -2.36. The van der Waals surface area contributed by atoms with Crippen LogP contribution in [0.1, 0.15) is 37.1 Å². The van der Waals surface area contributed by atoms with E-state index in [2.05, 4.69) is 33.9 Å². The van der Waals surface area contributed by atoms with E-state index in [1.165, 1.54) is 18.5 Å². The van der Waals surface area contributed by atoms with Gasteiger partial charge in [-0.1, -0.05) is 0 Å². The van der Waals surface area contributed by atoms with Crippen LogP contribution in [0.5, 0.6) is 0 Å². The first kappa shape index (κ1) is 16.3. The maximum Gasteiger partial charge on any atom is 0.0761 e. The zero-order valence-corrected chi connectivity index (χ0v) is 13.6. The van der Waals surface area contributed by atoms with Crippen LogP contribution in [0.15, 0.2) is 12.4 Å². The minimum absolute atomic E-state index is 0.553. The quantitative estimate of drug-likeness (QED) is 0.716. The van der Waals surface area contributed by atoms with Crippen LogP contribution in [0.3, 0.4) is 0 Å². The smallest absolute Gasteiger partial charge is 0.0761 e. The van der Waals surface area contributed by atoms with E-state index in [9.17, 15) is 0 Å². The molecule has 5 heteroatoms. The van der Waals surface area contributed by atoms with Gasteiger partial charge in [0.2, 0.25) is 0 Å². The molecule has 0 N–H and O–H groups in total. The van der Waals surface area contributed by atoms with E-state index in [4.69, 9.17) is 4.74 Å². The maximum atomic E-state index is 5.44. The van der Waals surface area contributed by atoms with Crippen LogP contribution in [0.2, 0.25) is 0 Å². The molecule has 1 aromatic heterocycles. The molecule has 0 bridgehead atoms. The highest BCUT2D eigenvalue weighted by atomic mass is 16.5. The van der Waals surface area contributed by atoms with Crippen molar-refractivity contribution in [3.05, 3.63) is 23.8 Å². The van der Waals surface area contributed by atoms with Crippen LogP contribution in [-0.2, 0) is 11.3 Å². The molecule has 21 heavy (non-hydrogen) atoms. The van der Waals surface area contributed by atoms with Crippen LogP contribution in [0, 0.1) is 0 Å². The van der Waals surface area contributed by atoms with Gasteiger partial charge in [0, 0.05) is 38.0 Å². The van der Waals surface area contributed by atoms with Crippen molar-refractivity contribution in [3.8, 4) is 0 Å². The normalized spacial score (nSPS) is 17.5. The lowest BCUT2D eigenvalue weighted by atomic mass is 9.92. The molecule has 0 radical (unpaired) electrons. The molecule has 0 saturated carbocycles. The van der Waals surface area contributed by atoms with Crippen molar-refractivity contribution in [1.29, 1.82) is 0 Å². The Kier molecular flexibility index (Phi) is 6.54. The third-order valence-corrected chi connectivity index (χ3v) is 4.00. The maximum absolute atomic E-state index is 5.44. The summed E-state index contributed by atoms with van der Waals surface area (Å²) in [5.41, 5.74) is 2.34. The number of rotatable bonds is 7. The van der Waals surface area contributed by atoms with E-state index < -0.39 is 0 Å². The molecule has 0 atom stereocenters. The Bertz CT molecular complexity index is 416. The fourth-order valence-corrected chi connectivity index (χ4v) is 2.91. The fourth-order valence-electron chi connectivity index (χ4n) is 2.91. The minimum Gasteiger partial charge on any atom is -0.380 e. The Morgan fingerprint density at radius 1 is 1.24 bits per heavy atom. The van der Waals surface area contributed by atoms with Gasteiger partial charge in [-0.05, 0) is 47.0 Å². The second-order valence-corrected chi connectivity index (χ2v) is 5.94. The van der Waals surface area contributed by atoms with E-state index in [-0.39, 0.29) is 0 Å². The number of nitrogens with zero attached hydrogens (tertiary/aromatic N) is 4. The zero-order chi connectivity index (χ0) is 15.1. The van der Waals surface area contributed by atoms with Gasteiger partial charge < -0.3 is 14.5 Å². The highest BCUT2D eigenvalue weighted by Crippen LogP contribution is 2.28. The predicted molar refractivity (Wildman–Crippen MR) is 84.3 cm³/mol. The van der Waals surface area contributed by atoms with E-state index in [0.29, 0.717) is 5.92 Å². The van der Waals surface area contributed by atoms with Gasteiger partial charge in [0.25, 0.3) is 0 Å². The lowest BCUT2D eigenvalue weighted by molar-refractivity contribution is 0.102. The fraction of sp³-hybridized carbons (Fsp3) is 0.750. The first-order valence-electron chi connectivity index (χ1n) is 7.95. The van der Waals surface area contributed by atoms with Crippen molar-refractivity contribution in [2.45, 2.75) is 32.2 Å². The van der Waals surface area contributed by atoms with Crippen molar-refractivity contribution >= 4 is 0 Å². The topological polar surface area (TPSA) is 41.5 Å². The molecule has 1 aromatic rings. The van der Waals surface area contributed by atoms with Crippen molar-refractivity contribution < 1.29 is 4.74 Å². The molecule has 1 saturated heterocycles. The molecule has 1 aliphatic heterocycles. The van der Waals surface area contributed by atoms with Crippen LogP contribution >= 0.6 is 0 Å². The van der Waals surface area contributed by atoms with Crippen molar-refractivity contribution in [3.63, 3.8) is 0 Å². The van der Waals surface area contributed by atoms with Gasteiger partial charge in [0.15, 0.2) is 0 Å². The molecule has 1 fully saturated rings. The first-order valence-corrected chi connectivity index (χ1v) is 7.95. The highest BCUT2D eigenvalue weighted by molar-refractivity contribution is 5.16. The van der Waals surface area contributed by atoms with Gasteiger partial charge in [-0.3, -0.25) is 9.97 Å². The summed E-state index contributed by atoms with van der Waals surface area (Å²) in [5.74, 6) is 0.553. The zero-order valence-electron chi connectivity index (χ0n) is 13.6. The van der Waals surface area contributed by atoms with Crippen molar-refractivity contribution in [1.82, 2.24) is 19.8 Å². The SMILES string of the molecule is CCOCCN1CCC(c2nccnc2CN(C)C)CC1. The Morgan fingerprint density at radius 3 is 2.62 bits per heavy atom. The lowest BCUT2D eigenvalue weighted by Gasteiger charge is -2.32. The molecule has 0 aromatic carbocycles. The van der Waals surface area contributed by atoms with Crippen LogP contribution < -0.4 is 0 Å². The van der Waals surface area contributed by atoms with Gasteiger partial charge in [0.1, 0.15) is 0 Å². The number of aromatic nitrogens is 2. The summed E-state index contributed by atoms with van der Waals surface area (Å²) in [6.45, 7) is 7.89. The Hall–Kier alpha value is -1.04. The van der Waals surface area contributed by atoms with Gasteiger partial charge in [0.05, 0.1) is 18.0 Å². The Labute approximate surface area is 128 Å². The van der Waals surface area contributed by atoms with Gasteiger partial charge in [-0.2, -0.15) is 0 Å². The van der Waals surface area contributed by atoms with Crippen LogP contribution in [0.25, 0.3) is 0 Å².